The van der Waals surface area contributed by atoms with E-state index in [4.69, 9.17) is 5.11 Å². The lowest BCUT2D eigenvalue weighted by molar-refractivity contribution is -0.139. The van der Waals surface area contributed by atoms with Gasteiger partial charge in [0.15, 0.2) is 0 Å². The van der Waals surface area contributed by atoms with Gasteiger partial charge in [-0.25, -0.2) is 8.78 Å². The normalized spacial score (nSPS) is 11.3. The van der Waals surface area contributed by atoms with E-state index in [9.17, 15) is 18.4 Å². The molecule has 0 fully saturated rings. The average molecular weight is 194 g/mol. The molecule has 0 bridgehead atoms. The van der Waals surface area contributed by atoms with Crippen LogP contribution in [0.15, 0.2) is 0 Å². The van der Waals surface area contributed by atoms with Gasteiger partial charge in [-0.3, -0.25) is 4.79 Å². The maximum atomic E-state index is 12.7. The molecule has 0 aromatic carbocycles. The SMILES string of the molecule is CC(=O)CCC(F)(F)CCC(=O)O. The Hall–Kier alpha value is -1.00. The molecule has 0 saturated carbocycles. The van der Waals surface area contributed by atoms with Crippen LogP contribution in [0.3, 0.4) is 0 Å². The molecule has 0 aromatic rings. The first-order chi connectivity index (χ1) is 5.83. The van der Waals surface area contributed by atoms with Crippen molar-refractivity contribution in [1.82, 2.24) is 0 Å². The predicted octanol–water partition coefficient (Wildman–Crippen LogP) is 1.86. The van der Waals surface area contributed by atoms with Gasteiger partial charge in [0.25, 0.3) is 0 Å². The first-order valence-corrected chi connectivity index (χ1v) is 3.92. The molecule has 0 aromatic heterocycles. The van der Waals surface area contributed by atoms with Crippen molar-refractivity contribution in [2.75, 3.05) is 0 Å². The van der Waals surface area contributed by atoms with Crippen molar-refractivity contribution < 1.29 is 23.5 Å². The molecule has 13 heavy (non-hydrogen) atoms. The zero-order chi connectivity index (χ0) is 10.5. The van der Waals surface area contributed by atoms with E-state index in [0.717, 1.165) is 0 Å². The Morgan fingerprint density at radius 1 is 1.23 bits per heavy atom. The molecular weight excluding hydrogens is 182 g/mol. The fraction of sp³-hybridized carbons (Fsp3) is 0.750. The topological polar surface area (TPSA) is 54.4 Å². The van der Waals surface area contributed by atoms with Gasteiger partial charge in [-0.1, -0.05) is 0 Å². The zero-order valence-electron chi connectivity index (χ0n) is 7.35. The Bertz CT molecular complexity index is 182. The largest absolute Gasteiger partial charge is 0.481 e. The van der Waals surface area contributed by atoms with Crippen LogP contribution in [0, 0.1) is 0 Å². The second-order valence-electron chi connectivity index (χ2n) is 2.95. The molecule has 0 saturated heterocycles. The maximum Gasteiger partial charge on any atom is 0.303 e. The van der Waals surface area contributed by atoms with Crippen LogP contribution < -0.4 is 0 Å². The number of hydrogen-bond acceptors (Lipinski definition) is 2. The number of alkyl halides is 2. The number of carboxylic acids is 1. The van der Waals surface area contributed by atoms with Gasteiger partial charge in [-0.2, -0.15) is 0 Å². The Morgan fingerprint density at radius 3 is 2.08 bits per heavy atom. The van der Waals surface area contributed by atoms with Crippen molar-refractivity contribution >= 4 is 11.8 Å². The molecule has 0 aliphatic rings. The molecule has 3 nitrogen and oxygen atoms in total. The van der Waals surface area contributed by atoms with Crippen LogP contribution in [0.2, 0.25) is 0 Å². The van der Waals surface area contributed by atoms with E-state index < -0.39 is 31.2 Å². The summed E-state index contributed by atoms with van der Waals surface area (Å²) in [5.74, 6) is -4.60. The van der Waals surface area contributed by atoms with E-state index in [-0.39, 0.29) is 12.2 Å². The number of ketones is 1. The summed E-state index contributed by atoms with van der Waals surface area (Å²) < 4.78 is 25.5. The minimum Gasteiger partial charge on any atom is -0.481 e. The standard InChI is InChI=1S/C8H12F2O3/c1-6(11)2-4-8(9,10)5-3-7(12)13/h2-5H2,1H3,(H,12,13). The van der Waals surface area contributed by atoms with Gasteiger partial charge in [-0.15, -0.1) is 0 Å². The summed E-state index contributed by atoms with van der Waals surface area (Å²) in [6.45, 7) is 1.23. The first-order valence-electron chi connectivity index (χ1n) is 3.92. The smallest absolute Gasteiger partial charge is 0.303 e. The summed E-state index contributed by atoms with van der Waals surface area (Å²) >= 11 is 0. The van der Waals surface area contributed by atoms with Crippen LogP contribution in [-0.4, -0.2) is 22.8 Å². The highest BCUT2D eigenvalue weighted by Crippen LogP contribution is 2.25. The highest BCUT2D eigenvalue weighted by Gasteiger charge is 2.29. The van der Waals surface area contributed by atoms with Crippen molar-refractivity contribution in [1.29, 1.82) is 0 Å². The molecule has 0 amide bonds. The van der Waals surface area contributed by atoms with Crippen molar-refractivity contribution in [2.45, 2.75) is 38.5 Å². The number of rotatable bonds is 6. The Kier molecular flexibility index (Phi) is 4.51. The third-order valence-electron chi connectivity index (χ3n) is 1.55. The van der Waals surface area contributed by atoms with Gasteiger partial charge >= 0.3 is 5.97 Å². The first kappa shape index (κ1) is 12.0. The molecule has 0 spiro atoms. The van der Waals surface area contributed by atoms with Crippen LogP contribution in [0.5, 0.6) is 0 Å². The van der Waals surface area contributed by atoms with Crippen LogP contribution in [0.1, 0.15) is 32.6 Å². The molecule has 0 aliphatic heterocycles. The van der Waals surface area contributed by atoms with Crippen molar-refractivity contribution in [3.63, 3.8) is 0 Å². The van der Waals surface area contributed by atoms with E-state index in [2.05, 4.69) is 0 Å². The minimum absolute atomic E-state index is 0.202. The summed E-state index contributed by atoms with van der Waals surface area (Å²) in [6, 6.07) is 0. The lowest BCUT2D eigenvalue weighted by Crippen LogP contribution is -2.18. The number of aliphatic carboxylic acids is 1. The third kappa shape index (κ3) is 7.36. The highest BCUT2D eigenvalue weighted by atomic mass is 19.3. The van der Waals surface area contributed by atoms with E-state index >= 15 is 0 Å². The lowest BCUT2D eigenvalue weighted by atomic mass is 10.1. The fourth-order valence-corrected chi connectivity index (χ4v) is 0.774. The Labute approximate surface area is 74.7 Å². The van der Waals surface area contributed by atoms with E-state index in [0.29, 0.717) is 0 Å². The molecular formula is C8H12F2O3. The minimum atomic E-state index is -3.04. The second-order valence-corrected chi connectivity index (χ2v) is 2.95. The molecule has 5 heteroatoms. The highest BCUT2D eigenvalue weighted by molar-refractivity contribution is 5.75. The predicted molar refractivity (Wildman–Crippen MR) is 41.7 cm³/mol. The van der Waals surface area contributed by atoms with Gasteiger partial charge in [0, 0.05) is 19.3 Å². The summed E-state index contributed by atoms with van der Waals surface area (Å²) in [5, 5.41) is 8.15. The fourth-order valence-electron chi connectivity index (χ4n) is 0.774. The van der Waals surface area contributed by atoms with E-state index in [1.54, 1.807) is 0 Å². The number of carboxylic acid groups (broad SMARTS) is 1. The van der Waals surface area contributed by atoms with E-state index in [1.165, 1.54) is 6.92 Å². The molecule has 0 unspecified atom stereocenters. The van der Waals surface area contributed by atoms with Crippen LogP contribution in [-0.2, 0) is 9.59 Å². The van der Waals surface area contributed by atoms with Crippen molar-refractivity contribution in [3.8, 4) is 0 Å². The van der Waals surface area contributed by atoms with Crippen LogP contribution in [0.25, 0.3) is 0 Å². The molecule has 76 valence electrons. The number of Topliss-reactive ketones (excluding diaryl/α,β-unsaturated/α-hetero) is 1. The quantitative estimate of drug-likeness (QED) is 0.702. The monoisotopic (exact) mass is 194 g/mol. The van der Waals surface area contributed by atoms with Gasteiger partial charge < -0.3 is 9.90 Å². The van der Waals surface area contributed by atoms with Gasteiger partial charge in [0.1, 0.15) is 5.78 Å². The summed E-state index contributed by atoms with van der Waals surface area (Å²) in [4.78, 5) is 20.4. The van der Waals surface area contributed by atoms with Gasteiger partial charge in [0.05, 0.1) is 6.42 Å². The summed E-state index contributed by atoms with van der Waals surface area (Å²) in [5.41, 5.74) is 0. The van der Waals surface area contributed by atoms with E-state index in [1.807, 2.05) is 0 Å². The summed E-state index contributed by atoms with van der Waals surface area (Å²) in [7, 11) is 0. The second kappa shape index (κ2) is 4.89. The van der Waals surface area contributed by atoms with Crippen molar-refractivity contribution in [2.24, 2.45) is 0 Å². The summed E-state index contributed by atoms with van der Waals surface area (Å²) in [6.07, 6.45) is -2.03. The third-order valence-corrected chi connectivity index (χ3v) is 1.55. The number of halogens is 2. The lowest BCUT2D eigenvalue weighted by Gasteiger charge is -2.13. The van der Waals surface area contributed by atoms with Crippen LogP contribution in [0.4, 0.5) is 8.78 Å². The molecule has 0 radical (unpaired) electrons. The molecule has 0 heterocycles. The molecule has 1 N–H and O–H groups in total. The maximum absolute atomic E-state index is 12.7. The Balaban J connectivity index is 3.79. The zero-order valence-corrected chi connectivity index (χ0v) is 7.35. The molecule has 0 rings (SSSR count). The number of carbonyl (C=O) groups is 2. The van der Waals surface area contributed by atoms with Gasteiger partial charge in [-0.05, 0) is 6.92 Å². The van der Waals surface area contributed by atoms with Crippen molar-refractivity contribution in [3.05, 3.63) is 0 Å². The van der Waals surface area contributed by atoms with Gasteiger partial charge in [0.2, 0.25) is 5.92 Å². The Morgan fingerprint density at radius 2 is 1.69 bits per heavy atom. The van der Waals surface area contributed by atoms with Crippen LogP contribution >= 0.6 is 0 Å². The number of hydrogen-bond donors (Lipinski definition) is 1. The number of carbonyl (C=O) groups excluding carboxylic acids is 1. The molecule has 0 atom stereocenters. The molecule has 0 aliphatic carbocycles. The average Bonchev–Trinajstić information content (AvgIpc) is 1.98.